The third kappa shape index (κ3) is 8.30. The number of nitrogens with zero attached hydrogens (tertiary/aromatic N) is 1. The monoisotopic (exact) mass is 479 g/mol. The zero-order chi connectivity index (χ0) is 25.0. The number of rotatable bonds is 12. The fourth-order valence-electron chi connectivity index (χ4n) is 3.84. The summed E-state index contributed by atoms with van der Waals surface area (Å²) < 4.78 is 16.4. The van der Waals surface area contributed by atoms with Crippen LogP contribution in [0.5, 0.6) is 23.0 Å². The minimum Gasteiger partial charge on any atom is -0.504 e. The Morgan fingerprint density at radius 1 is 0.857 bits per heavy atom. The van der Waals surface area contributed by atoms with Crippen LogP contribution in [-0.4, -0.2) is 62.0 Å². The molecule has 7 nitrogen and oxygen atoms in total. The normalized spacial score (nSPS) is 14.3. The first-order valence-corrected chi connectivity index (χ1v) is 11.8. The molecule has 0 radical (unpaired) electrons. The van der Waals surface area contributed by atoms with Gasteiger partial charge in [-0.15, -0.1) is 0 Å². The smallest absolute Gasteiger partial charge is 0.163 e. The number of piperidine rings is 1. The molecule has 0 saturated carbocycles. The van der Waals surface area contributed by atoms with Crippen molar-refractivity contribution in [1.29, 1.82) is 0 Å². The molecule has 1 aliphatic rings. The number of hydrogen-bond donors (Lipinski definition) is 1. The van der Waals surface area contributed by atoms with Gasteiger partial charge in [-0.05, 0) is 73.5 Å². The Morgan fingerprint density at radius 3 is 2.09 bits per heavy atom. The van der Waals surface area contributed by atoms with E-state index in [0.717, 1.165) is 25.2 Å². The first kappa shape index (κ1) is 26.0. The number of allylic oxidation sites excluding steroid dienone is 2. The summed E-state index contributed by atoms with van der Waals surface area (Å²) in [6.07, 6.45) is 9.53. The second-order valence-corrected chi connectivity index (χ2v) is 8.37. The van der Waals surface area contributed by atoms with Crippen molar-refractivity contribution in [3.8, 4) is 23.0 Å². The second-order valence-electron chi connectivity index (χ2n) is 8.37. The molecule has 1 N–H and O–H groups in total. The van der Waals surface area contributed by atoms with Gasteiger partial charge in [-0.2, -0.15) is 0 Å². The summed E-state index contributed by atoms with van der Waals surface area (Å²) in [6, 6.07) is 10.2. The van der Waals surface area contributed by atoms with Gasteiger partial charge in [0, 0.05) is 6.54 Å². The Bertz CT molecular complexity index is 1070. The third-order valence-electron chi connectivity index (χ3n) is 5.78. The molecule has 35 heavy (non-hydrogen) atoms. The van der Waals surface area contributed by atoms with E-state index < -0.39 is 0 Å². The lowest BCUT2D eigenvalue weighted by molar-refractivity contribution is -0.121. The van der Waals surface area contributed by atoms with Crippen molar-refractivity contribution < 1.29 is 28.9 Å². The molecule has 1 heterocycles. The van der Waals surface area contributed by atoms with Crippen molar-refractivity contribution in [1.82, 2.24) is 4.90 Å². The number of aromatic hydroxyl groups is 1. The lowest BCUT2D eigenvalue weighted by Gasteiger charge is -2.26. The number of ether oxygens (including phenoxy) is 3. The number of benzene rings is 2. The van der Waals surface area contributed by atoms with Gasteiger partial charge >= 0.3 is 0 Å². The first-order valence-electron chi connectivity index (χ1n) is 11.8. The van der Waals surface area contributed by atoms with E-state index >= 15 is 0 Å². The molecule has 0 atom stereocenters. The van der Waals surface area contributed by atoms with Crippen molar-refractivity contribution in [2.75, 3.05) is 40.5 Å². The van der Waals surface area contributed by atoms with E-state index in [0.29, 0.717) is 29.4 Å². The predicted octanol–water partition coefficient (Wildman–Crippen LogP) is 4.53. The van der Waals surface area contributed by atoms with Crippen LogP contribution < -0.4 is 14.2 Å². The molecule has 0 aliphatic carbocycles. The number of methoxy groups -OCH3 is 2. The largest absolute Gasteiger partial charge is 0.504 e. The van der Waals surface area contributed by atoms with Gasteiger partial charge in [-0.1, -0.05) is 30.7 Å². The fraction of sp³-hybridized carbons (Fsp3) is 0.357. The van der Waals surface area contributed by atoms with Gasteiger partial charge in [0.1, 0.15) is 6.61 Å². The van der Waals surface area contributed by atoms with E-state index in [9.17, 15) is 14.7 Å². The number of ketones is 2. The number of likely N-dealkylation sites (tertiary alicyclic amines) is 1. The number of phenols is 1. The van der Waals surface area contributed by atoms with Crippen molar-refractivity contribution >= 4 is 23.7 Å². The maximum atomic E-state index is 12.3. The van der Waals surface area contributed by atoms with E-state index in [1.54, 1.807) is 37.5 Å². The highest BCUT2D eigenvalue weighted by molar-refractivity contribution is 6.10. The molecule has 1 fully saturated rings. The average molecular weight is 480 g/mol. The van der Waals surface area contributed by atoms with Crippen molar-refractivity contribution in [2.45, 2.75) is 25.7 Å². The van der Waals surface area contributed by atoms with Crippen LogP contribution in [0.3, 0.4) is 0 Å². The van der Waals surface area contributed by atoms with Crippen LogP contribution in [0, 0.1) is 0 Å². The van der Waals surface area contributed by atoms with Gasteiger partial charge in [0.05, 0.1) is 20.6 Å². The van der Waals surface area contributed by atoms with Crippen LogP contribution in [0.2, 0.25) is 0 Å². The van der Waals surface area contributed by atoms with Crippen LogP contribution in [0.25, 0.3) is 12.2 Å². The lowest BCUT2D eigenvalue weighted by atomic mass is 10.1. The molecule has 0 bridgehead atoms. The number of carbonyl (C=O) groups excluding carboxylic acids is 2. The van der Waals surface area contributed by atoms with E-state index in [-0.39, 0.29) is 23.7 Å². The quantitative estimate of drug-likeness (QED) is 0.354. The maximum Gasteiger partial charge on any atom is 0.163 e. The van der Waals surface area contributed by atoms with Gasteiger partial charge < -0.3 is 19.3 Å². The van der Waals surface area contributed by atoms with Gasteiger partial charge in [-0.25, -0.2) is 0 Å². The molecule has 0 unspecified atom stereocenters. The standard InChI is InChI=1S/C28H33NO6/c1-33-26-13-9-22(19-28(26)35-17-16-29-14-4-3-5-15-29)7-11-24(31)20-23(30)10-6-21-8-12-25(32)27(18-21)34-2/h6-13,18-19,32H,3-5,14-17,20H2,1-2H3/b10-6+,11-7+. The van der Waals surface area contributed by atoms with Crippen molar-refractivity contribution in [2.24, 2.45) is 0 Å². The first-order chi connectivity index (χ1) is 17.0. The molecule has 0 spiro atoms. The highest BCUT2D eigenvalue weighted by Gasteiger charge is 2.11. The lowest BCUT2D eigenvalue weighted by Crippen LogP contribution is -2.33. The number of phenolic OH excluding ortho intramolecular Hbond substituents is 1. The fourth-order valence-corrected chi connectivity index (χ4v) is 3.84. The highest BCUT2D eigenvalue weighted by atomic mass is 16.5. The van der Waals surface area contributed by atoms with Crippen LogP contribution in [0.15, 0.2) is 48.6 Å². The molecule has 7 heteroatoms. The van der Waals surface area contributed by atoms with E-state index in [1.807, 2.05) is 12.1 Å². The zero-order valence-corrected chi connectivity index (χ0v) is 20.4. The summed E-state index contributed by atoms with van der Waals surface area (Å²) in [7, 11) is 3.05. The number of carbonyl (C=O) groups is 2. The van der Waals surface area contributed by atoms with Crippen LogP contribution in [-0.2, 0) is 9.59 Å². The SMILES string of the molecule is COc1cc(/C=C/C(=O)CC(=O)/C=C/c2ccc(OC)c(OCCN3CCCCC3)c2)ccc1O. The zero-order valence-electron chi connectivity index (χ0n) is 20.4. The Hall–Kier alpha value is -3.58. The Balaban J connectivity index is 1.53. The topological polar surface area (TPSA) is 85.3 Å². The van der Waals surface area contributed by atoms with Gasteiger partial charge in [0.25, 0.3) is 0 Å². The summed E-state index contributed by atoms with van der Waals surface area (Å²) in [5.74, 6) is 0.980. The molecular weight excluding hydrogens is 446 g/mol. The summed E-state index contributed by atoms with van der Waals surface area (Å²) in [6.45, 7) is 3.66. The molecule has 3 rings (SSSR count). The molecule has 1 aliphatic heterocycles. The summed E-state index contributed by atoms with van der Waals surface area (Å²) >= 11 is 0. The Morgan fingerprint density at radius 2 is 1.46 bits per heavy atom. The Labute approximate surface area is 206 Å². The minimum absolute atomic E-state index is 0.0189. The molecule has 2 aromatic carbocycles. The van der Waals surface area contributed by atoms with E-state index in [2.05, 4.69) is 4.90 Å². The molecule has 0 amide bonds. The molecule has 1 saturated heterocycles. The second kappa shape index (κ2) is 13.3. The average Bonchev–Trinajstić information content (AvgIpc) is 2.87. The van der Waals surface area contributed by atoms with E-state index in [1.165, 1.54) is 44.6 Å². The van der Waals surface area contributed by atoms with Crippen LogP contribution in [0.4, 0.5) is 0 Å². The molecule has 2 aromatic rings. The number of hydrogen-bond acceptors (Lipinski definition) is 7. The van der Waals surface area contributed by atoms with Crippen molar-refractivity contribution in [3.05, 3.63) is 59.7 Å². The Kier molecular flexibility index (Phi) is 9.93. The summed E-state index contributed by atoms with van der Waals surface area (Å²) in [5, 5.41) is 9.64. The molecule has 0 aromatic heterocycles. The van der Waals surface area contributed by atoms with E-state index in [4.69, 9.17) is 14.2 Å². The summed E-state index contributed by atoms with van der Waals surface area (Å²) in [4.78, 5) is 26.9. The highest BCUT2D eigenvalue weighted by Crippen LogP contribution is 2.29. The summed E-state index contributed by atoms with van der Waals surface area (Å²) in [5.41, 5.74) is 1.47. The van der Waals surface area contributed by atoms with Gasteiger partial charge in [0.15, 0.2) is 34.6 Å². The third-order valence-corrected chi connectivity index (χ3v) is 5.78. The van der Waals surface area contributed by atoms with Crippen molar-refractivity contribution in [3.63, 3.8) is 0 Å². The molecule has 186 valence electrons. The van der Waals surface area contributed by atoms with Gasteiger partial charge in [0.2, 0.25) is 0 Å². The van der Waals surface area contributed by atoms with Crippen LogP contribution >= 0.6 is 0 Å². The molecular formula is C28H33NO6. The maximum absolute atomic E-state index is 12.3. The van der Waals surface area contributed by atoms with Gasteiger partial charge in [-0.3, -0.25) is 14.5 Å². The minimum atomic E-state index is -0.317. The van der Waals surface area contributed by atoms with Crippen LogP contribution in [0.1, 0.15) is 36.8 Å². The predicted molar refractivity (Wildman–Crippen MR) is 136 cm³/mol.